The van der Waals surface area contributed by atoms with Crippen molar-refractivity contribution in [1.29, 1.82) is 5.26 Å². The third kappa shape index (κ3) is 7.37. The SMILES string of the molecule is C[C@H](CC/C=C/C(=O)NO)[C@H](OC(=O)Nc1ccc(C#N)cc1)c1cc(Br)cc(Br)c1O. The third-order valence-electron chi connectivity index (χ3n) is 4.54. The molecule has 8 nitrogen and oxygen atoms in total. The standard InChI is InChI=1S/C22H21Br2N3O5/c1-13(4-2-3-5-19(28)27-31)21(17-10-15(23)11-18(24)20(17)29)32-22(30)26-16-8-6-14(12-25)7-9-16/h3,5-11,13,21,29,31H,2,4H2,1H3,(H,26,30)(H,27,28)/b5-3+/t13-,21+/m1/s1. The average Bonchev–Trinajstić information content (AvgIpc) is 2.77. The summed E-state index contributed by atoms with van der Waals surface area (Å²) in [7, 11) is 0. The summed E-state index contributed by atoms with van der Waals surface area (Å²) in [6.45, 7) is 1.86. The van der Waals surface area contributed by atoms with Crippen molar-refractivity contribution < 1.29 is 24.6 Å². The first-order valence-electron chi connectivity index (χ1n) is 9.51. The van der Waals surface area contributed by atoms with E-state index in [1.807, 2.05) is 13.0 Å². The summed E-state index contributed by atoms with van der Waals surface area (Å²) in [6, 6.07) is 11.7. The van der Waals surface area contributed by atoms with E-state index in [-0.39, 0.29) is 11.7 Å². The van der Waals surface area contributed by atoms with Crippen LogP contribution in [0.2, 0.25) is 0 Å². The van der Waals surface area contributed by atoms with Crippen LogP contribution in [0.25, 0.3) is 0 Å². The number of hydrogen-bond donors (Lipinski definition) is 4. The van der Waals surface area contributed by atoms with Crippen LogP contribution >= 0.6 is 31.9 Å². The lowest BCUT2D eigenvalue weighted by Crippen LogP contribution is -2.22. The van der Waals surface area contributed by atoms with Crippen molar-refractivity contribution in [2.75, 3.05) is 5.32 Å². The van der Waals surface area contributed by atoms with Crippen LogP contribution in [0.3, 0.4) is 0 Å². The number of allylic oxidation sites excluding steroid dienone is 1. The van der Waals surface area contributed by atoms with Crippen molar-refractivity contribution in [2.45, 2.75) is 25.9 Å². The molecule has 2 aromatic carbocycles. The van der Waals surface area contributed by atoms with E-state index in [0.29, 0.717) is 38.6 Å². The van der Waals surface area contributed by atoms with Gasteiger partial charge in [0.25, 0.3) is 5.91 Å². The first kappa shape index (κ1) is 25.4. The van der Waals surface area contributed by atoms with Crippen LogP contribution < -0.4 is 10.8 Å². The number of carbonyl (C=O) groups is 2. The highest BCUT2D eigenvalue weighted by atomic mass is 79.9. The van der Waals surface area contributed by atoms with Crippen molar-refractivity contribution in [1.82, 2.24) is 5.48 Å². The van der Waals surface area contributed by atoms with Crippen molar-refractivity contribution in [3.8, 4) is 11.8 Å². The Bertz CT molecular complexity index is 1040. The molecule has 2 amide bonds. The van der Waals surface area contributed by atoms with Gasteiger partial charge in [-0.2, -0.15) is 5.26 Å². The molecule has 0 aliphatic rings. The number of benzene rings is 2. The summed E-state index contributed by atoms with van der Waals surface area (Å²) < 4.78 is 6.81. The van der Waals surface area contributed by atoms with Crippen LogP contribution in [-0.2, 0) is 9.53 Å². The number of halogens is 2. The smallest absolute Gasteiger partial charge is 0.412 e. The maximum Gasteiger partial charge on any atom is 0.412 e. The lowest BCUT2D eigenvalue weighted by Gasteiger charge is -2.26. The normalized spacial score (nSPS) is 12.6. The van der Waals surface area contributed by atoms with Crippen molar-refractivity contribution >= 4 is 49.5 Å². The van der Waals surface area contributed by atoms with Gasteiger partial charge < -0.3 is 9.84 Å². The second-order valence-electron chi connectivity index (χ2n) is 6.90. The number of nitrogens with zero attached hydrogens (tertiary/aromatic N) is 1. The molecule has 4 N–H and O–H groups in total. The van der Waals surface area contributed by atoms with Gasteiger partial charge in [-0.25, -0.2) is 10.3 Å². The summed E-state index contributed by atoms with van der Waals surface area (Å²) in [5.74, 6) is -0.928. The monoisotopic (exact) mass is 565 g/mol. The van der Waals surface area contributed by atoms with E-state index >= 15 is 0 Å². The Kier molecular flexibility index (Phi) is 9.71. The molecule has 0 aliphatic carbocycles. The van der Waals surface area contributed by atoms with Crippen molar-refractivity contribution in [2.24, 2.45) is 5.92 Å². The number of hydrogen-bond acceptors (Lipinski definition) is 6. The fraction of sp³-hybridized carbons (Fsp3) is 0.227. The minimum absolute atomic E-state index is 0.0496. The highest BCUT2D eigenvalue weighted by Gasteiger charge is 2.27. The molecule has 2 aromatic rings. The highest BCUT2D eigenvalue weighted by molar-refractivity contribution is 9.11. The molecule has 0 saturated carbocycles. The number of amides is 2. The van der Waals surface area contributed by atoms with Crippen molar-refractivity contribution in [3.05, 3.63) is 68.6 Å². The van der Waals surface area contributed by atoms with Gasteiger partial charge in [0.2, 0.25) is 0 Å². The van der Waals surface area contributed by atoms with Gasteiger partial charge in [-0.3, -0.25) is 15.3 Å². The van der Waals surface area contributed by atoms with Crippen LogP contribution in [-0.4, -0.2) is 22.3 Å². The van der Waals surface area contributed by atoms with Gasteiger partial charge in [-0.05, 0) is 71.1 Å². The van der Waals surface area contributed by atoms with Gasteiger partial charge in [0.1, 0.15) is 11.9 Å². The van der Waals surface area contributed by atoms with E-state index in [4.69, 9.17) is 15.2 Å². The number of nitriles is 1. The largest absolute Gasteiger partial charge is 0.506 e. The number of phenolic OH excluding ortho intramolecular Hbond substituents is 1. The molecule has 0 aromatic heterocycles. The Morgan fingerprint density at radius 2 is 1.94 bits per heavy atom. The molecule has 0 spiro atoms. The molecular weight excluding hydrogens is 546 g/mol. The molecule has 0 fully saturated rings. The Morgan fingerprint density at radius 1 is 1.25 bits per heavy atom. The van der Waals surface area contributed by atoms with Crippen molar-refractivity contribution in [3.63, 3.8) is 0 Å². The summed E-state index contributed by atoms with van der Waals surface area (Å²) in [6.07, 6.45) is 2.26. The Labute approximate surface area is 202 Å². The molecule has 168 valence electrons. The molecule has 10 heteroatoms. The second-order valence-corrected chi connectivity index (χ2v) is 8.67. The Morgan fingerprint density at radius 3 is 2.56 bits per heavy atom. The number of hydroxylamine groups is 1. The van der Waals surface area contributed by atoms with Crippen LogP contribution in [0.15, 0.2) is 57.5 Å². The van der Waals surface area contributed by atoms with Gasteiger partial charge in [-0.1, -0.05) is 28.9 Å². The Hall–Kier alpha value is -2.87. The molecular formula is C22H21Br2N3O5. The van der Waals surface area contributed by atoms with E-state index in [1.165, 1.54) is 11.6 Å². The fourth-order valence-corrected chi connectivity index (χ4v) is 4.18. The zero-order valence-corrected chi connectivity index (χ0v) is 20.2. The first-order valence-corrected chi connectivity index (χ1v) is 11.1. The number of rotatable bonds is 8. The number of nitrogens with one attached hydrogen (secondary N) is 2. The fourth-order valence-electron chi connectivity index (χ4n) is 2.92. The molecule has 0 radical (unpaired) electrons. The number of carbonyl (C=O) groups excluding carboxylic acids is 2. The number of anilines is 1. The maximum absolute atomic E-state index is 12.6. The van der Waals surface area contributed by atoms with Gasteiger partial charge in [0, 0.05) is 21.8 Å². The molecule has 32 heavy (non-hydrogen) atoms. The van der Waals surface area contributed by atoms with Crippen LogP contribution in [0.1, 0.15) is 37.0 Å². The summed E-state index contributed by atoms with van der Waals surface area (Å²) in [4.78, 5) is 23.7. The van der Waals surface area contributed by atoms with Gasteiger partial charge in [-0.15, -0.1) is 0 Å². The van der Waals surface area contributed by atoms with Gasteiger partial charge in [0.05, 0.1) is 16.1 Å². The predicted octanol–water partition coefficient (Wildman–Crippen LogP) is 5.56. The van der Waals surface area contributed by atoms with E-state index in [2.05, 4.69) is 37.2 Å². The van der Waals surface area contributed by atoms with Gasteiger partial charge in [0.15, 0.2) is 0 Å². The summed E-state index contributed by atoms with van der Waals surface area (Å²) >= 11 is 6.68. The molecule has 0 aliphatic heterocycles. The van der Waals surface area contributed by atoms with Crippen LogP contribution in [0.4, 0.5) is 10.5 Å². The first-order chi connectivity index (χ1) is 15.2. The van der Waals surface area contributed by atoms with Crippen LogP contribution in [0.5, 0.6) is 5.75 Å². The van der Waals surface area contributed by atoms with E-state index in [9.17, 15) is 14.7 Å². The summed E-state index contributed by atoms with van der Waals surface area (Å²) in [5, 5.41) is 30.6. The molecule has 0 unspecified atom stereocenters. The topological polar surface area (TPSA) is 132 Å². The number of ether oxygens (including phenoxy) is 1. The predicted molar refractivity (Wildman–Crippen MR) is 125 cm³/mol. The number of phenols is 1. The average molecular weight is 567 g/mol. The zero-order valence-electron chi connectivity index (χ0n) is 17.0. The molecule has 2 rings (SSSR count). The second kappa shape index (κ2) is 12.2. The zero-order chi connectivity index (χ0) is 23.7. The van der Waals surface area contributed by atoms with E-state index < -0.39 is 18.1 Å². The van der Waals surface area contributed by atoms with Gasteiger partial charge >= 0.3 is 6.09 Å². The van der Waals surface area contributed by atoms with E-state index in [0.717, 1.165) is 0 Å². The molecule has 0 heterocycles. The quantitative estimate of drug-likeness (QED) is 0.188. The lowest BCUT2D eigenvalue weighted by molar-refractivity contribution is -0.124. The molecule has 2 atom stereocenters. The minimum atomic E-state index is -0.803. The molecule has 0 bridgehead atoms. The number of aromatic hydroxyl groups is 1. The summed E-state index contributed by atoms with van der Waals surface area (Å²) in [5.41, 5.74) is 2.84. The maximum atomic E-state index is 12.6. The van der Waals surface area contributed by atoms with Crippen LogP contribution in [0, 0.1) is 17.2 Å². The third-order valence-corrected chi connectivity index (χ3v) is 5.61. The lowest BCUT2D eigenvalue weighted by atomic mass is 9.92. The minimum Gasteiger partial charge on any atom is -0.506 e. The highest BCUT2D eigenvalue weighted by Crippen LogP contribution is 2.40. The Balaban J connectivity index is 2.21. The van der Waals surface area contributed by atoms with E-state index in [1.54, 1.807) is 42.5 Å². The molecule has 0 saturated heterocycles.